The van der Waals surface area contributed by atoms with Gasteiger partial charge in [-0.25, -0.2) is 9.67 Å². The van der Waals surface area contributed by atoms with Crippen LogP contribution in [0.1, 0.15) is 32.7 Å². The topological polar surface area (TPSA) is 121 Å². The molecule has 1 aromatic carbocycles. The number of ether oxygens (including phenoxy) is 1. The lowest BCUT2D eigenvalue weighted by atomic mass is 9.94. The fraction of sp³-hybridized carbons (Fsp3) is 0.556. The molecule has 2 aromatic rings. The molecule has 0 amide bonds. The van der Waals surface area contributed by atoms with Crippen LogP contribution in [0.15, 0.2) is 30.3 Å². The van der Waals surface area contributed by atoms with Gasteiger partial charge < -0.3 is 25.2 Å². The monoisotopic (exact) mass is 363 g/mol. The van der Waals surface area contributed by atoms with E-state index in [0.29, 0.717) is 11.6 Å². The first-order valence-corrected chi connectivity index (χ1v) is 8.57. The average molecular weight is 363 g/mol. The zero-order chi connectivity index (χ0) is 19.1. The number of aliphatic hydroxyl groups is 4. The van der Waals surface area contributed by atoms with Crippen LogP contribution < -0.4 is 0 Å². The van der Waals surface area contributed by atoms with Gasteiger partial charge in [0.15, 0.2) is 11.6 Å². The zero-order valence-corrected chi connectivity index (χ0v) is 15.0. The minimum Gasteiger partial charge on any atom is -0.394 e. The predicted octanol–water partition coefficient (Wildman–Crippen LogP) is 0.215. The first-order valence-electron chi connectivity index (χ1n) is 8.57. The van der Waals surface area contributed by atoms with E-state index in [1.54, 1.807) is 4.68 Å². The van der Waals surface area contributed by atoms with E-state index in [9.17, 15) is 20.4 Å². The summed E-state index contributed by atoms with van der Waals surface area (Å²) >= 11 is 0. The summed E-state index contributed by atoms with van der Waals surface area (Å²) in [7, 11) is 0. The highest BCUT2D eigenvalue weighted by molar-refractivity contribution is 5.54. The molecule has 5 atom stereocenters. The molecule has 3 rings (SSSR count). The highest BCUT2D eigenvalue weighted by atomic mass is 16.5. The van der Waals surface area contributed by atoms with Crippen molar-refractivity contribution in [2.24, 2.45) is 0 Å². The Morgan fingerprint density at radius 1 is 1.04 bits per heavy atom. The predicted molar refractivity (Wildman–Crippen MR) is 93.2 cm³/mol. The van der Waals surface area contributed by atoms with Crippen LogP contribution in [0.5, 0.6) is 0 Å². The van der Waals surface area contributed by atoms with Gasteiger partial charge in [-0.3, -0.25) is 0 Å². The Morgan fingerprint density at radius 3 is 2.27 bits per heavy atom. The van der Waals surface area contributed by atoms with Crippen LogP contribution in [0.3, 0.4) is 0 Å². The molecule has 0 radical (unpaired) electrons. The molecule has 4 N–H and O–H groups in total. The molecular formula is C18H25N3O5. The molecule has 0 bridgehead atoms. The van der Waals surface area contributed by atoms with Crippen molar-refractivity contribution < 1.29 is 25.2 Å². The molecule has 26 heavy (non-hydrogen) atoms. The Kier molecular flexibility index (Phi) is 5.14. The molecule has 1 saturated heterocycles. The van der Waals surface area contributed by atoms with Crippen molar-refractivity contribution in [1.82, 2.24) is 14.8 Å². The van der Waals surface area contributed by atoms with Crippen molar-refractivity contribution >= 4 is 0 Å². The molecule has 0 saturated carbocycles. The first kappa shape index (κ1) is 18.9. The number of aliphatic hydroxyl groups excluding tert-OH is 4. The fourth-order valence-corrected chi connectivity index (χ4v) is 3.03. The van der Waals surface area contributed by atoms with Crippen LogP contribution in [0.25, 0.3) is 11.4 Å². The molecule has 1 aliphatic heterocycles. The Labute approximate surface area is 151 Å². The van der Waals surface area contributed by atoms with Gasteiger partial charge in [0.25, 0.3) is 0 Å². The van der Waals surface area contributed by atoms with Crippen molar-refractivity contribution in [2.75, 3.05) is 6.61 Å². The molecule has 142 valence electrons. The van der Waals surface area contributed by atoms with Gasteiger partial charge in [-0.2, -0.15) is 5.10 Å². The average Bonchev–Trinajstić information content (AvgIpc) is 3.06. The minimum atomic E-state index is -1.46. The van der Waals surface area contributed by atoms with Crippen molar-refractivity contribution in [3.05, 3.63) is 36.2 Å². The van der Waals surface area contributed by atoms with Gasteiger partial charge in [0, 0.05) is 5.56 Å². The third kappa shape index (κ3) is 3.38. The van der Waals surface area contributed by atoms with E-state index in [0.717, 1.165) is 5.56 Å². The van der Waals surface area contributed by atoms with E-state index in [1.807, 2.05) is 51.1 Å². The van der Waals surface area contributed by atoms with Gasteiger partial charge in [-0.05, 0) is 20.8 Å². The van der Waals surface area contributed by atoms with Gasteiger partial charge in [0.05, 0.1) is 12.1 Å². The van der Waals surface area contributed by atoms with Crippen LogP contribution in [0.4, 0.5) is 0 Å². The summed E-state index contributed by atoms with van der Waals surface area (Å²) in [6.45, 7) is 5.31. The highest BCUT2D eigenvalue weighted by Gasteiger charge is 2.46. The molecule has 8 nitrogen and oxygen atoms in total. The van der Waals surface area contributed by atoms with Crippen LogP contribution in [0, 0.1) is 0 Å². The number of rotatable bonds is 3. The third-order valence-corrected chi connectivity index (χ3v) is 4.45. The molecule has 1 aromatic heterocycles. The van der Waals surface area contributed by atoms with E-state index in [1.165, 1.54) is 0 Å². The summed E-state index contributed by atoms with van der Waals surface area (Å²) in [5.41, 5.74) is 0.343. The molecule has 2 heterocycles. The summed E-state index contributed by atoms with van der Waals surface area (Å²) in [5, 5.41) is 44.5. The Balaban J connectivity index is 2.07. The van der Waals surface area contributed by atoms with Crippen molar-refractivity contribution in [3.63, 3.8) is 0 Å². The second kappa shape index (κ2) is 7.05. The van der Waals surface area contributed by atoms with Gasteiger partial charge in [-0.15, -0.1) is 0 Å². The van der Waals surface area contributed by atoms with E-state index < -0.39 is 42.7 Å². The normalized spacial score (nSPS) is 29.7. The maximum atomic E-state index is 10.4. The maximum Gasteiger partial charge on any atom is 0.181 e. The molecule has 0 spiro atoms. The molecule has 1 aliphatic rings. The highest BCUT2D eigenvalue weighted by Crippen LogP contribution is 2.34. The summed E-state index contributed by atoms with van der Waals surface area (Å²) in [6.07, 6.45) is -6.30. The first-order chi connectivity index (χ1) is 12.2. The van der Waals surface area contributed by atoms with E-state index in [4.69, 9.17) is 4.74 Å². The molecule has 0 unspecified atom stereocenters. The van der Waals surface area contributed by atoms with E-state index >= 15 is 0 Å². The van der Waals surface area contributed by atoms with Gasteiger partial charge >= 0.3 is 0 Å². The van der Waals surface area contributed by atoms with Gasteiger partial charge in [0.2, 0.25) is 0 Å². The lowest BCUT2D eigenvalue weighted by molar-refractivity contribution is -0.234. The second-order valence-corrected chi connectivity index (χ2v) is 7.49. The zero-order valence-electron chi connectivity index (χ0n) is 15.0. The van der Waals surface area contributed by atoms with Crippen molar-refractivity contribution in [2.45, 2.75) is 56.8 Å². The SMILES string of the molecule is CC(C)(C)n1nc(-c2ccccc2)nc1[C@@H]1O[C@H](CO)[C@@H](O)[C@H](O)[C@H]1O. The minimum absolute atomic E-state index is 0.327. The van der Waals surface area contributed by atoms with Gasteiger partial charge in [0.1, 0.15) is 30.5 Å². The van der Waals surface area contributed by atoms with Crippen molar-refractivity contribution in [1.29, 1.82) is 0 Å². The molecular weight excluding hydrogens is 338 g/mol. The number of hydrogen-bond acceptors (Lipinski definition) is 7. The summed E-state index contributed by atoms with van der Waals surface area (Å²) in [4.78, 5) is 4.54. The summed E-state index contributed by atoms with van der Waals surface area (Å²) in [5.74, 6) is 0.792. The largest absolute Gasteiger partial charge is 0.394 e. The van der Waals surface area contributed by atoms with Crippen LogP contribution >= 0.6 is 0 Å². The Hall–Kier alpha value is -1.84. The summed E-state index contributed by atoms with van der Waals surface area (Å²) in [6, 6.07) is 9.39. The Bertz CT molecular complexity index is 741. The third-order valence-electron chi connectivity index (χ3n) is 4.45. The van der Waals surface area contributed by atoms with Gasteiger partial charge in [-0.1, -0.05) is 30.3 Å². The maximum absolute atomic E-state index is 10.4. The smallest absolute Gasteiger partial charge is 0.181 e. The quantitative estimate of drug-likeness (QED) is 0.615. The van der Waals surface area contributed by atoms with Crippen LogP contribution in [-0.2, 0) is 10.3 Å². The number of hydrogen-bond donors (Lipinski definition) is 4. The lowest BCUT2D eigenvalue weighted by Gasteiger charge is -2.40. The van der Waals surface area contributed by atoms with Crippen LogP contribution in [-0.4, -0.2) is 66.2 Å². The Morgan fingerprint density at radius 2 is 1.69 bits per heavy atom. The molecule has 8 heteroatoms. The number of benzene rings is 1. The van der Waals surface area contributed by atoms with E-state index in [2.05, 4.69) is 10.1 Å². The van der Waals surface area contributed by atoms with E-state index in [-0.39, 0.29) is 0 Å². The standard InChI is InChI=1S/C18H25N3O5/c1-18(2,3)21-17(19-16(20-21)10-7-5-4-6-8-10)15-14(25)13(24)12(23)11(9-22)26-15/h4-8,11-15,22-25H,9H2,1-3H3/t11-,12-,13+,14-,15-/m1/s1. The number of nitrogens with zero attached hydrogens (tertiary/aromatic N) is 3. The van der Waals surface area contributed by atoms with Crippen LogP contribution in [0.2, 0.25) is 0 Å². The summed E-state index contributed by atoms with van der Waals surface area (Å²) < 4.78 is 7.31. The molecule has 1 fully saturated rings. The lowest BCUT2D eigenvalue weighted by Crippen LogP contribution is -2.55. The molecule has 0 aliphatic carbocycles. The van der Waals surface area contributed by atoms with Crippen molar-refractivity contribution in [3.8, 4) is 11.4 Å². The second-order valence-electron chi connectivity index (χ2n) is 7.49. The fourth-order valence-electron chi connectivity index (χ4n) is 3.03. The number of aromatic nitrogens is 3.